The predicted molar refractivity (Wildman–Crippen MR) is 85.7 cm³/mol. The van der Waals surface area contributed by atoms with Gasteiger partial charge in [-0.2, -0.15) is 12.7 Å². The van der Waals surface area contributed by atoms with Gasteiger partial charge in [0.15, 0.2) is 0 Å². The molecule has 0 N–H and O–H groups in total. The zero-order chi connectivity index (χ0) is 14.9. The minimum absolute atomic E-state index is 0.165. The summed E-state index contributed by atoms with van der Waals surface area (Å²) in [6.45, 7) is 3.36. The van der Waals surface area contributed by atoms with E-state index in [0.717, 1.165) is 49.8 Å². The van der Waals surface area contributed by atoms with Crippen molar-refractivity contribution in [1.29, 1.82) is 0 Å². The number of aryl methyl sites for hydroxylation is 1. The first-order valence-corrected chi connectivity index (χ1v) is 9.41. The van der Waals surface area contributed by atoms with Crippen LogP contribution in [0.5, 0.6) is 0 Å². The maximum Gasteiger partial charge on any atom is 0.304 e. The number of hydrogen-bond acceptors (Lipinski definition) is 2. The first kappa shape index (κ1) is 14.9. The molecule has 2 heterocycles. The first-order valence-electron chi connectivity index (χ1n) is 8.02. The predicted octanol–water partition coefficient (Wildman–Crippen LogP) is 2.95. The molecule has 5 heteroatoms. The summed E-state index contributed by atoms with van der Waals surface area (Å²) in [7, 11) is -3.39. The van der Waals surface area contributed by atoms with Crippen molar-refractivity contribution in [2.75, 3.05) is 17.4 Å². The Morgan fingerprint density at radius 2 is 1.95 bits per heavy atom. The normalized spacial score (nSPS) is 23.9. The number of benzene rings is 1. The van der Waals surface area contributed by atoms with Crippen molar-refractivity contribution >= 4 is 15.9 Å². The molecule has 3 rings (SSSR count). The third kappa shape index (κ3) is 2.69. The van der Waals surface area contributed by atoms with Gasteiger partial charge in [0.1, 0.15) is 0 Å². The van der Waals surface area contributed by atoms with E-state index >= 15 is 0 Å². The minimum atomic E-state index is -3.39. The number of nitrogens with zero attached hydrogens (tertiary/aromatic N) is 2. The highest BCUT2D eigenvalue weighted by molar-refractivity contribution is 7.90. The second-order valence-electron chi connectivity index (χ2n) is 5.98. The van der Waals surface area contributed by atoms with Gasteiger partial charge in [-0.25, -0.2) is 0 Å². The van der Waals surface area contributed by atoms with Crippen LogP contribution in [-0.2, 0) is 16.6 Å². The molecular weight excluding hydrogens is 284 g/mol. The lowest BCUT2D eigenvalue weighted by molar-refractivity contribution is 0.245. The van der Waals surface area contributed by atoms with Gasteiger partial charge in [0.2, 0.25) is 0 Å². The van der Waals surface area contributed by atoms with Crippen LogP contribution < -0.4 is 4.31 Å². The molecule has 0 bridgehead atoms. The number of fused-ring (bicyclic) bond motifs is 1. The number of para-hydroxylation sites is 1. The van der Waals surface area contributed by atoms with Gasteiger partial charge in [-0.3, -0.25) is 4.31 Å². The molecule has 2 aliphatic rings. The highest BCUT2D eigenvalue weighted by Crippen LogP contribution is 2.33. The Hall–Kier alpha value is -1.07. The molecule has 0 aliphatic carbocycles. The van der Waals surface area contributed by atoms with Gasteiger partial charge in [0.25, 0.3) is 0 Å². The molecule has 0 aromatic heterocycles. The Labute approximate surface area is 127 Å². The summed E-state index contributed by atoms with van der Waals surface area (Å²) in [6.07, 6.45) is 5.88. The summed E-state index contributed by atoms with van der Waals surface area (Å²) < 4.78 is 29.6. The van der Waals surface area contributed by atoms with Crippen molar-refractivity contribution in [1.82, 2.24) is 4.31 Å². The van der Waals surface area contributed by atoms with Crippen LogP contribution in [0.2, 0.25) is 0 Å². The van der Waals surface area contributed by atoms with Gasteiger partial charge < -0.3 is 0 Å². The molecule has 116 valence electrons. The van der Waals surface area contributed by atoms with Crippen LogP contribution in [-0.4, -0.2) is 31.9 Å². The van der Waals surface area contributed by atoms with E-state index in [2.05, 4.69) is 6.92 Å². The zero-order valence-electron chi connectivity index (χ0n) is 12.7. The van der Waals surface area contributed by atoms with E-state index in [0.29, 0.717) is 13.1 Å². The molecule has 1 atom stereocenters. The zero-order valence-corrected chi connectivity index (χ0v) is 13.5. The van der Waals surface area contributed by atoms with E-state index in [-0.39, 0.29) is 6.04 Å². The van der Waals surface area contributed by atoms with Crippen molar-refractivity contribution in [2.45, 2.75) is 51.5 Å². The van der Waals surface area contributed by atoms with Gasteiger partial charge in [0, 0.05) is 19.1 Å². The van der Waals surface area contributed by atoms with E-state index in [1.165, 1.54) is 0 Å². The lowest BCUT2D eigenvalue weighted by Gasteiger charge is -2.40. The number of hydrogen-bond donors (Lipinski definition) is 0. The summed E-state index contributed by atoms with van der Waals surface area (Å²) in [5, 5.41) is 0. The average molecular weight is 308 g/mol. The summed E-state index contributed by atoms with van der Waals surface area (Å²) in [4.78, 5) is 0. The summed E-state index contributed by atoms with van der Waals surface area (Å²) in [5.74, 6) is 0. The van der Waals surface area contributed by atoms with Gasteiger partial charge in [-0.15, -0.1) is 0 Å². The number of anilines is 1. The van der Waals surface area contributed by atoms with Crippen LogP contribution in [0.15, 0.2) is 24.3 Å². The molecule has 4 nitrogen and oxygen atoms in total. The Bertz CT molecular complexity index is 600. The standard InChI is InChI=1S/C16H24N2O2S/c1-2-15-10-5-6-12-17(15)21(19,20)18-13-7-9-14-8-3-4-11-16(14)18/h3-4,8,11,15H,2,5-7,9-10,12-13H2,1H3. The van der Waals surface area contributed by atoms with Crippen molar-refractivity contribution < 1.29 is 8.42 Å². The van der Waals surface area contributed by atoms with Crippen molar-refractivity contribution in [3.05, 3.63) is 29.8 Å². The second kappa shape index (κ2) is 5.97. The van der Waals surface area contributed by atoms with E-state index < -0.39 is 10.2 Å². The molecule has 1 aromatic rings. The number of rotatable bonds is 3. The Morgan fingerprint density at radius 1 is 1.14 bits per heavy atom. The molecule has 1 fully saturated rings. The third-order valence-corrected chi connectivity index (χ3v) is 6.70. The maximum absolute atomic E-state index is 13.1. The lowest BCUT2D eigenvalue weighted by Crippen LogP contribution is -2.51. The molecule has 1 saturated heterocycles. The van der Waals surface area contributed by atoms with Crippen molar-refractivity contribution in [3.8, 4) is 0 Å². The smallest absolute Gasteiger partial charge is 0.257 e. The van der Waals surface area contributed by atoms with Crippen molar-refractivity contribution in [2.24, 2.45) is 0 Å². The molecule has 21 heavy (non-hydrogen) atoms. The molecule has 0 spiro atoms. The van der Waals surface area contributed by atoms with Crippen molar-refractivity contribution in [3.63, 3.8) is 0 Å². The summed E-state index contributed by atoms with van der Waals surface area (Å²) in [5.41, 5.74) is 2.03. The first-order chi connectivity index (χ1) is 10.1. The van der Waals surface area contributed by atoms with Gasteiger partial charge in [-0.1, -0.05) is 31.5 Å². The van der Waals surface area contributed by atoms with E-state index in [1.807, 2.05) is 24.3 Å². The van der Waals surface area contributed by atoms with E-state index in [9.17, 15) is 8.42 Å². The Kier molecular flexibility index (Phi) is 4.22. The Morgan fingerprint density at radius 3 is 2.76 bits per heavy atom. The van der Waals surface area contributed by atoms with Crippen LogP contribution >= 0.6 is 0 Å². The Balaban J connectivity index is 1.95. The maximum atomic E-state index is 13.1. The summed E-state index contributed by atoms with van der Waals surface area (Å²) in [6, 6.07) is 8.07. The fourth-order valence-electron chi connectivity index (χ4n) is 3.55. The fourth-order valence-corrected chi connectivity index (χ4v) is 5.58. The van der Waals surface area contributed by atoms with Gasteiger partial charge in [0.05, 0.1) is 5.69 Å². The largest absolute Gasteiger partial charge is 0.304 e. The molecular formula is C16H24N2O2S. The van der Waals surface area contributed by atoms with Crippen LogP contribution in [0, 0.1) is 0 Å². The SMILES string of the molecule is CCC1CCCCN1S(=O)(=O)N1CCCc2ccccc21. The quantitative estimate of drug-likeness (QED) is 0.861. The van der Waals surface area contributed by atoms with Gasteiger partial charge >= 0.3 is 10.2 Å². The summed E-state index contributed by atoms with van der Waals surface area (Å²) >= 11 is 0. The highest BCUT2D eigenvalue weighted by atomic mass is 32.2. The average Bonchev–Trinajstić information content (AvgIpc) is 2.54. The molecule has 2 aliphatic heterocycles. The van der Waals surface area contributed by atoms with Gasteiger partial charge in [-0.05, 0) is 43.7 Å². The van der Waals surface area contributed by atoms with Crippen LogP contribution in [0.3, 0.4) is 0 Å². The van der Waals surface area contributed by atoms with Crippen LogP contribution in [0.4, 0.5) is 5.69 Å². The molecule has 0 radical (unpaired) electrons. The van der Waals surface area contributed by atoms with E-state index in [1.54, 1.807) is 8.61 Å². The minimum Gasteiger partial charge on any atom is -0.257 e. The second-order valence-corrected chi connectivity index (χ2v) is 7.79. The van der Waals surface area contributed by atoms with Crippen LogP contribution in [0.1, 0.15) is 44.6 Å². The number of piperidine rings is 1. The molecule has 1 aromatic carbocycles. The molecule has 0 saturated carbocycles. The van der Waals surface area contributed by atoms with Crippen LogP contribution in [0.25, 0.3) is 0 Å². The third-order valence-electron chi connectivity index (χ3n) is 4.69. The van der Waals surface area contributed by atoms with E-state index in [4.69, 9.17) is 0 Å². The highest BCUT2D eigenvalue weighted by Gasteiger charge is 2.37. The molecule has 1 unspecified atom stereocenters. The fraction of sp³-hybridized carbons (Fsp3) is 0.625. The molecule has 0 amide bonds. The monoisotopic (exact) mass is 308 g/mol. The topological polar surface area (TPSA) is 40.6 Å². The lowest BCUT2D eigenvalue weighted by atomic mass is 10.0.